The van der Waals surface area contributed by atoms with Crippen LogP contribution in [-0.2, 0) is 6.42 Å². The van der Waals surface area contributed by atoms with Crippen LogP contribution in [0.3, 0.4) is 0 Å². The van der Waals surface area contributed by atoms with Crippen molar-refractivity contribution < 1.29 is 9.32 Å². The summed E-state index contributed by atoms with van der Waals surface area (Å²) in [6.07, 6.45) is 0.632. The molecule has 2 aromatic rings. The minimum atomic E-state index is -0.298. The SMILES string of the molecule is CCc1onc(-c2ccccc2)c1C(=O)NC(C)(C)C. The van der Waals surface area contributed by atoms with Gasteiger partial charge in [-0.15, -0.1) is 0 Å². The van der Waals surface area contributed by atoms with Crippen LogP contribution >= 0.6 is 0 Å². The van der Waals surface area contributed by atoms with Crippen molar-refractivity contribution >= 4 is 5.91 Å². The molecular weight excluding hydrogens is 252 g/mol. The monoisotopic (exact) mass is 272 g/mol. The van der Waals surface area contributed by atoms with Crippen molar-refractivity contribution in [3.8, 4) is 11.3 Å². The first kappa shape index (κ1) is 14.3. The molecule has 0 fully saturated rings. The van der Waals surface area contributed by atoms with E-state index in [1.165, 1.54) is 0 Å². The molecule has 1 heterocycles. The van der Waals surface area contributed by atoms with Gasteiger partial charge in [-0.25, -0.2) is 0 Å². The first-order valence-corrected chi connectivity index (χ1v) is 6.79. The standard InChI is InChI=1S/C16H20N2O2/c1-5-12-13(15(19)17-16(2,3)4)14(18-20-12)11-9-7-6-8-10-11/h6-10H,5H2,1-4H3,(H,17,19). The second-order valence-corrected chi connectivity index (χ2v) is 5.75. The molecule has 0 aliphatic heterocycles. The van der Waals surface area contributed by atoms with Gasteiger partial charge in [-0.05, 0) is 20.8 Å². The molecule has 1 amide bonds. The molecule has 4 nitrogen and oxygen atoms in total. The normalized spacial score (nSPS) is 11.4. The average Bonchev–Trinajstić information content (AvgIpc) is 2.81. The molecule has 0 aliphatic carbocycles. The number of carbonyl (C=O) groups is 1. The Labute approximate surface area is 119 Å². The molecule has 0 bridgehead atoms. The Hall–Kier alpha value is -2.10. The molecule has 1 N–H and O–H groups in total. The molecule has 0 saturated heterocycles. The fourth-order valence-corrected chi connectivity index (χ4v) is 2.00. The number of aromatic nitrogens is 1. The lowest BCUT2D eigenvalue weighted by Gasteiger charge is -2.20. The van der Waals surface area contributed by atoms with Gasteiger partial charge >= 0.3 is 0 Å². The molecule has 0 spiro atoms. The highest BCUT2D eigenvalue weighted by Gasteiger charge is 2.25. The van der Waals surface area contributed by atoms with E-state index in [1.807, 2.05) is 58.0 Å². The number of nitrogens with one attached hydrogen (secondary N) is 1. The second-order valence-electron chi connectivity index (χ2n) is 5.75. The molecule has 0 radical (unpaired) electrons. The van der Waals surface area contributed by atoms with Crippen molar-refractivity contribution in [1.82, 2.24) is 10.5 Å². The topological polar surface area (TPSA) is 55.1 Å². The summed E-state index contributed by atoms with van der Waals surface area (Å²) >= 11 is 0. The average molecular weight is 272 g/mol. The van der Waals surface area contributed by atoms with Crippen molar-refractivity contribution in [3.05, 3.63) is 41.7 Å². The summed E-state index contributed by atoms with van der Waals surface area (Å²) in [6.45, 7) is 7.80. The molecule has 0 aliphatic rings. The maximum Gasteiger partial charge on any atom is 0.257 e. The van der Waals surface area contributed by atoms with Gasteiger partial charge in [0, 0.05) is 17.5 Å². The summed E-state index contributed by atoms with van der Waals surface area (Å²) < 4.78 is 5.32. The van der Waals surface area contributed by atoms with E-state index in [1.54, 1.807) is 0 Å². The van der Waals surface area contributed by atoms with Crippen LogP contribution in [0.25, 0.3) is 11.3 Å². The maximum atomic E-state index is 12.5. The molecule has 1 aromatic heterocycles. The van der Waals surface area contributed by atoms with Gasteiger partial charge in [0.25, 0.3) is 5.91 Å². The molecule has 20 heavy (non-hydrogen) atoms. The lowest BCUT2D eigenvalue weighted by molar-refractivity contribution is 0.0918. The summed E-state index contributed by atoms with van der Waals surface area (Å²) in [4.78, 5) is 12.5. The first-order chi connectivity index (χ1) is 9.42. The summed E-state index contributed by atoms with van der Waals surface area (Å²) in [7, 11) is 0. The number of hydrogen-bond acceptors (Lipinski definition) is 3. The summed E-state index contributed by atoms with van der Waals surface area (Å²) in [6, 6.07) is 9.61. The zero-order chi connectivity index (χ0) is 14.8. The van der Waals surface area contributed by atoms with Gasteiger partial charge < -0.3 is 9.84 Å². The zero-order valence-corrected chi connectivity index (χ0v) is 12.4. The van der Waals surface area contributed by atoms with Crippen molar-refractivity contribution in [1.29, 1.82) is 0 Å². The third-order valence-electron chi connectivity index (χ3n) is 2.85. The van der Waals surface area contributed by atoms with Crippen LogP contribution in [0.4, 0.5) is 0 Å². The number of carbonyl (C=O) groups excluding carboxylic acids is 1. The summed E-state index contributed by atoms with van der Waals surface area (Å²) in [5.41, 5.74) is 1.72. The van der Waals surface area contributed by atoms with Gasteiger partial charge in [-0.3, -0.25) is 4.79 Å². The maximum absolute atomic E-state index is 12.5. The van der Waals surface area contributed by atoms with E-state index >= 15 is 0 Å². The fraction of sp³-hybridized carbons (Fsp3) is 0.375. The smallest absolute Gasteiger partial charge is 0.257 e. The van der Waals surface area contributed by atoms with E-state index in [-0.39, 0.29) is 11.4 Å². The van der Waals surface area contributed by atoms with Crippen LogP contribution in [-0.4, -0.2) is 16.6 Å². The molecule has 4 heteroatoms. The lowest BCUT2D eigenvalue weighted by Crippen LogP contribution is -2.41. The highest BCUT2D eigenvalue weighted by molar-refractivity contribution is 6.01. The second kappa shape index (κ2) is 5.49. The molecule has 1 aromatic carbocycles. The molecule has 106 valence electrons. The highest BCUT2D eigenvalue weighted by Crippen LogP contribution is 2.26. The van der Waals surface area contributed by atoms with Crippen molar-refractivity contribution in [2.45, 2.75) is 39.7 Å². The fourth-order valence-electron chi connectivity index (χ4n) is 2.00. The van der Waals surface area contributed by atoms with Gasteiger partial charge in [0.05, 0.1) is 0 Å². The van der Waals surface area contributed by atoms with Gasteiger partial charge in [-0.2, -0.15) is 0 Å². The largest absolute Gasteiger partial charge is 0.360 e. The Kier molecular flexibility index (Phi) is 3.93. The van der Waals surface area contributed by atoms with Crippen molar-refractivity contribution in [2.75, 3.05) is 0 Å². The minimum absolute atomic E-state index is 0.144. The molecule has 0 atom stereocenters. The number of rotatable bonds is 3. The van der Waals surface area contributed by atoms with Gasteiger partial charge in [0.2, 0.25) is 0 Å². The van der Waals surface area contributed by atoms with E-state index in [4.69, 9.17) is 4.52 Å². The van der Waals surface area contributed by atoms with E-state index < -0.39 is 0 Å². The summed E-state index contributed by atoms with van der Waals surface area (Å²) in [5, 5.41) is 7.04. The van der Waals surface area contributed by atoms with Crippen LogP contribution < -0.4 is 5.32 Å². The van der Waals surface area contributed by atoms with Crippen molar-refractivity contribution in [2.24, 2.45) is 0 Å². The number of amides is 1. The van der Waals surface area contributed by atoms with Gasteiger partial charge in [0.1, 0.15) is 17.0 Å². The number of nitrogens with zero attached hydrogens (tertiary/aromatic N) is 1. The Morgan fingerprint density at radius 2 is 1.90 bits per heavy atom. The van der Waals surface area contributed by atoms with Crippen LogP contribution in [0.1, 0.15) is 43.8 Å². The summed E-state index contributed by atoms with van der Waals surface area (Å²) in [5.74, 6) is 0.472. The van der Waals surface area contributed by atoms with Gasteiger partial charge in [0.15, 0.2) is 0 Å². The molecule has 0 saturated carbocycles. The lowest BCUT2D eigenvalue weighted by atomic mass is 10.0. The minimum Gasteiger partial charge on any atom is -0.360 e. The third kappa shape index (κ3) is 3.07. The number of benzene rings is 1. The van der Waals surface area contributed by atoms with Crippen LogP contribution in [0.5, 0.6) is 0 Å². The molecular formula is C16H20N2O2. The van der Waals surface area contributed by atoms with Crippen LogP contribution in [0, 0.1) is 0 Å². The predicted molar refractivity (Wildman–Crippen MR) is 78.5 cm³/mol. The Bertz CT molecular complexity index is 595. The van der Waals surface area contributed by atoms with E-state index in [2.05, 4.69) is 10.5 Å². The molecule has 2 rings (SSSR count). The van der Waals surface area contributed by atoms with Crippen molar-refractivity contribution in [3.63, 3.8) is 0 Å². The molecule has 0 unspecified atom stereocenters. The Balaban J connectivity index is 2.46. The van der Waals surface area contributed by atoms with E-state index in [0.717, 1.165) is 5.56 Å². The Morgan fingerprint density at radius 1 is 1.25 bits per heavy atom. The zero-order valence-electron chi connectivity index (χ0n) is 12.4. The van der Waals surface area contributed by atoms with Crippen LogP contribution in [0.2, 0.25) is 0 Å². The van der Waals surface area contributed by atoms with Crippen LogP contribution in [0.15, 0.2) is 34.9 Å². The first-order valence-electron chi connectivity index (χ1n) is 6.79. The third-order valence-corrected chi connectivity index (χ3v) is 2.85. The predicted octanol–water partition coefficient (Wildman–Crippen LogP) is 3.43. The highest BCUT2D eigenvalue weighted by atomic mass is 16.5. The quantitative estimate of drug-likeness (QED) is 0.931. The Morgan fingerprint density at radius 3 is 2.45 bits per heavy atom. The van der Waals surface area contributed by atoms with E-state index in [9.17, 15) is 4.79 Å². The van der Waals surface area contributed by atoms with Gasteiger partial charge in [-0.1, -0.05) is 42.4 Å². The van der Waals surface area contributed by atoms with E-state index in [0.29, 0.717) is 23.4 Å². The number of hydrogen-bond donors (Lipinski definition) is 1. The number of aryl methyl sites for hydroxylation is 1.